The molecule has 0 spiro atoms. The smallest absolute Gasteiger partial charge is 0.274 e. The van der Waals surface area contributed by atoms with E-state index in [1.165, 1.54) is 10.2 Å². The van der Waals surface area contributed by atoms with Crippen molar-refractivity contribution in [1.82, 2.24) is 20.1 Å². The van der Waals surface area contributed by atoms with Gasteiger partial charge in [0.25, 0.3) is 11.5 Å². The Morgan fingerprint density at radius 3 is 2.80 bits per heavy atom. The predicted molar refractivity (Wildman–Crippen MR) is 115 cm³/mol. The molecule has 0 saturated carbocycles. The molecule has 2 heterocycles. The molecule has 0 fully saturated rings. The van der Waals surface area contributed by atoms with Crippen molar-refractivity contribution < 1.29 is 9.53 Å². The molecule has 152 valence electrons. The minimum absolute atomic E-state index is 0.141. The molecule has 7 heteroatoms. The zero-order chi connectivity index (χ0) is 20.8. The van der Waals surface area contributed by atoms with E-state index < -0.39 is 0 Å². The fourth-order valence-corrected chi connectivity index (χ4v) is 4.41. The summed E-state index contributed by atoms with van der Waals surface area (Å²) < 4.78 is 6.59. The molecule has 1 aliphatic carbocycles. The predicted octanol–water partition coefficient (Wildman–Crippen LogP) is 3.23. The summed E-state index contributed by atoms with van der Waals surface area (Å²) in [5.41, 5.74) is 3.34. The molecule has 0 saturated heterocycles. The number of methoxy groups -OCH3 is 1. The second-order valence-electron chi connectivity index (χ2n) is 7.67. The van der Waals surface area contributed by atoms with E-state index in [9.17, 15) is 9.59 Å². The third-order valence-corrected chi connectivity index (χ3v) is 5.89. The van der Waals surface area contributed by atoms with Gasteiger partial charge in [0.05, 0.1) is 18.5 Å². The largest absolute Gasteiger partial charge is 0.497 e. The number of nitrogens with zero attached hydrogens (tertiary/aromatic N) is 2. The van der Waals surface area contributed by atoms with E-state index in [2.05, 4.69) is 15.4 Å². The summed E-state index contributed by atoms with van der Waals surface area (Å²) in [6.07, 6.45) is 2.77. The van der Waals surface area contributed by atoms with E-state index in [4.69, 9.17) is 4.74 Å². The van der Waals surface area contributed by atoms with Crippen LogP contribution in [0.5, 0.6) is 5.75 Å². The van der Waals surface area contributed by atoms with Gasteiger partial charge in [-0.25, -0.2) is 4.68 Å². The highest BCUT2D eigenvalue weighted by Crippen LogP contribution is 2.36. The van der Waals surface area contributed by atoms with Crippen molar-refractivity contribution >= 4 is 27.6 Å². The number of aromatic nitrogens is 3. The van der Waals surface area contributed by atoms with Gasteiger partial charge in [0.2, 0.25) is 0 Å². The van der Waals surface area contributed by atoms with Crippen LogP contribution in [0.25, 0.3) is 21.7 Å². The number of amides is 1. The lowest BCUT2D eigenvalue weighted by atomic mass is 9.91. The van der Waals surface area contributed by atoms with Crippen LogP contribution >= 0.6 is 0 Å². The Morgan fingerprint density at radius 1 is 1.20 bits per heavy atom. The molecule has 4 aromatic rings. The van der Waals surface area contributed by atoms with Gasteiger partial charge in [-0.2, -0.15) is 5.10 Å². The number of hydrogen-bond donors (Lipinski definition) is 2. The van der Waals surface area contributed by atoms with E-state index in [0.29, 0.717) is 10.8 Å². The number of ether oxygens (including phenoxy) is 1. The molecular formula is C23H22N4O3. The molecule has 2 N–H and O–H groups in total. The molecule has 1 amide bonds. The van der Waals surface area contributed by atoms with E-state index in [0.717, 1.165) is 41.6 Å². The van der Waals surface area contributed by atoms with Crippen LogP contribution in [-0.4, -0.2) is 27.8 Å². The number of nitrogens with one attached hydrogen (secondary N) is 2. The van der Waals surface area contributed by atoms with E-state index in [1.807, 2.05) is 24.3 Å². The Bertz CT molecular complexity index is 1350. The molecule has 2 aromatic carbocycles. The Morgan fingerprint density at radius 2 is 2.00 bits per heavy atom. The molecule has 0 radical (unpaired) electrons. The van der Waals surface area contributed by atoms with Crippen molar-refractivity contribution in [2.45, 2.75) is 25.3 Å². The van der Waals surface area contributed by atoms with Crippen LogP contribution in [0.4, 0.5) is 0 Å². The molecule has 1 aliphatic rings. The van der Waals surface area contributed by atoms with Gasteiger partial charge in [-0.1, -0.05) is 18.2 Å². The average Bonchev–Trinajstić information content (AvgIpc) is 3.15. The minimum Gasteiger partial charge on any atom is -0.497 e. The lowest BCUT2D eigenvalue weighted by molar-refractivity contribution is 0.0926. The van der Waals surface area contributed by atoms with Crippen molar-refractivity contribution in [1.29, 1.82) is 0 Å². The van der Waals surface area contributed by atoms with Gasteiger partial charge in [0, 0.05) is 29.0 Å². The first-order valence-corrected chi connectivity index (χ1v) is 10.0. The van der Waals surface area contributed by atoms with Gasteiger partial charge in [0.1, 0.15) is 5.75 Å². The standard InChI is InChI=1S/C23H22N4O3/c1-27-23(29)16-7-4-3-6-14(16)21(26-27)22(28)25-19-9-5-8-15-17-12-13(30-2)10-11-18(17)24-20(15)19/h3-4,6-7,10-12,19,24H,5,8-9H2,1-2H3,(H,25,28)/t19-/m1/s1. The third-order valence-electron chi connectivity index (χ3n) is 5.89. The molecule has 7 nitrogen and oxygen atoms in total. The molecule has 0 bridgehead atoms. The number of H-pyrrole nitrogens is 1. The van der Waals surface area contributed by atoms with Crippen LogP contribution in [0.3, 0.4) is 0 Å². The minimum atomic E-state index is -0.282. The lowest BCUT2D eigenvalue weighted by Crippen LogP contribution is -2.33. The van der Waals surface area contributed by atoms with Crippen LogP contribution in [0.15, 0.2) is 47.3 Å². The van der Waals surface area contributed by atoms with Gasteiger partial charge in [-0.15, -0.1) is 0 Å². The molecule has 0 aliphatic heterocycles. The monoisotopic (exact) mass is 402 g/mol. The third kappa shape index (κ3) is 2.85. The summed E-state index contributed by atoms with van der Waals surface area (Å²) in [4.78, 5) is 29.0. The van der Waals surface area contributed by atoms with Gasteiger partial charge >= 0.3 is 0 Å². The summed E-state index contributed by atoms with van der Waals surface area (Å²) in [7, 11) is 3.23. The molecule has 30 heavy (non-hydrogen) atoms. The summed E-state index contributed by atoms with van der Waals surface area (Å²) in [5, 5.41) is 9.58. The van der Waals surface area contributed by atoms with Gasteiger partial charge in [-0.05, 0) is 49.1 Å². The highest BCUT2D eigenvalue weighted by atomic mass is 16.5. The number of rotatable bonds is 3. The SMILES string of the molecule is COc1ccc2[nH]c3c(c2c1)CCC[C@H]3NC(=O)c1nn(C)c(=O)c2ccccc12. The van der Waals surface area contributed by atoms with E-state index >= 15 is 0 Å². The van der Waals surface area contributed by atoms with Crippen LogP contribution in [0, 0.1) is 0 Å². The van der Waals surface area contributed by atoms with Crippen LogP contribution in [0.2, 0.25) is 0 Å². The normalized spacial score (nSPS) is 15.9. The van der Waals surface area contributed by atoms with E-state index in [1.54, 1.807) is 32.4 Å². The van der Waals surface area contributed by atoms with Crippen molar-refractivity contribution in [3.63, 3.8) is 0 Å². The van der Waals surface area contributed by atoms with Crippen molar-refractivity contribution in [2.24, 2.45) is 7.05 Å². The number of carbonyl (C=O) groups excluding carboxylic acids is 1. The zero-order valence-electron chi connectivity index (χ0n) is 16.9. The highest BCUT2D eigenvalue weighted by Gasteiger charge is 2.27. The maximum atomic E-state index is 13.2. The van der Waals surface area contributed by atoms with E-state index in [-0.39, 0.29) is 23.2 Å². The second-order valence-corrected chi connectivity index (χ2v) is 7.67. The first kappa shape index (κ1) is 18.4. The van der Waals surface area contributed by atoms with Gasteiger partial charge < -0.3 is 15.0 Å². The Hall–Kier alpha value is -3.61. The Labute approximate surface area is 172 Å². The summed E-state index contributed by atoms with van der Waals surface area (Å²) in [5.74, 6) is 0.534. The van der Waals surface area contributed by atoms with Crippen molar-refractivity contribution in [3.8, 4) is 5.75 Å². The van der Waals surface area contributed by atoms with Crippen LogP contribution in [0.1, 0.15) is 40.6 Å². The van der Waals surface area contributed by atoms with Gasteiger partial charge in [0.15, 0.2) is 5.69 Å². The molecule has 2 aromatic heterocycles. The number of benzene rings is 2. The number of fused-ring (bicyclic) bond motifs is 4. The summed E-state index contributed by atoms with van der Waals surface area (Å²) >= 11 is 0. The topological polar surface area (TPSA) is 89.0 Å². The molecule has 0 unspecified atom stereocenters. The zero-order valence-corrected chi connectivity index (χ0v) is 16.9. The lowest BCUT2D eigenvalue weighted by Gasteiger charge is -2.24. The number of hydrogen-bond acceptors (Lipinski definition) is 4. The first-order chi connectivity index (χ1) is 14.6. The summed E-state index contributed by atoms with van der Waals surface area (Å²) in [6, 6.07) is 12.9. The van der Waals surface area contributed by atoms with Crippen molar-refractivity contribution in [3.05, 3.63) is 69.8 Å². The number of carbonyl (C=O) groups is 1. The number of aromatic amines is 1. The molecule has 5 rings (SSSR count). The average molecular weight is 402 g/mol. The van der Waals surface area contributed by atoms with Crippen LogP contribution in [-0.2, 0) is 13.5 Å². The fraction of sp³-hybridized carbons (Fsp3) is 0.261. The quantitative estimate of drug-likeness (QED) is 0.551. The fourth-order valence-electron chi connectivity index (χ4n) is 4.41. The first-order valence-electron chi connectivity index (χ1n) is 10.0. The maximum Gasteiger partial charge on any atom is 0.274 e. The van der Waals surface area contributed by atoms with Crippen molar-refractivity contribution in [2.75, 3.05) is 7.11 Å². The second kappa shape index (κ2) is 7.02. The Balaban J connectivity index is 1.54. The number of aryl methyl sites for hydroxylation is 2. The summed E-state index contributed by atoms with van der Waals surface area (Å²) in [6.45, 7) is 0. The Kier molecular flexibility index (Phi) is 4.31. The van der Waals surface area contributed by atoms with Gasteiger partial charge in [-0.3, -0.25) is 9.59 Å². The van der Waals surface area contributed by atoms with Crippen LogP contribution < -0.4 is 15.6 Å². The highest BCUT2D eigenvalue weighted by molar-refractivity contribution is 6.05. The molecular weight excluding hydrogens is 380 g/mol. The molecule has 1 atom stereocenters. The maximum absolute atomic E-state index is 13.2.